The summed E-state index contributed by atoms with van der Waals surface area (Å²) in [6.45, 7) is 0.619. The lowest BCUT2D eigenvalue weighted by Gasteiger charge is -2.09. The number of carbonyl (C=O) groups excluding carboxylic acids is 1. The fraction of sp³-hybridized carbons (Fsp3) is 0.143. The van der Waals surface area contributed by atoms with Crippen LogP contribution in [0.5, 0.6) is 5.88 Å². The van der Waals surface area contributed by atoms with Gasteiger partial charge in [0.25, 0.3) is 5.91 Å². The fourth-order valence-electron chi connectivity index (χ4n) is 1.56. The molecule has 1 N–H and O–H groups in total. The van der Waals surface area contributed by atoms with Gasteiger partial charge in [0, 0.05) is 9.77 Å². The summed E-state index contributed by atoms with van der Waals surface area (Å²) in [5.41, 5.74) is 0.640. The lowest BCUT2D eigenvalue weighted by atomic mass is 10.2. The molecule has 0 aliphatic heterocycles. The van der Waals surface area contributed by atoms with E-state index in [2.05, 4.69) is 32.9 Å². The van der Waals surface area contributed by atoms with Gasteiger partial charge >= 0.3 is 0 Å². The second-order valence-electron chi connectivity index (χ2n) is 4.02. The van der Waals surface area contributed by atoms with Crippen LogP contribution in [0.15, 0.2) is 36.5 Å². The molecule has 2 aromatic rings. The summed E-state index contributed by atoms with van der Waals surface area (Å²) in [5.74, 6) is 0.156. The Labute approximate surface area is 145 Å². The molecule has 0 atom stereocenters. The van der Waals surface area contributed by atoms with Crippen LogP contribution in [0, 0.1) is 3.57 Å². The zero-order valence-corrected chi connectivity index (χ0v) is 14.4. The Bertz CT molecular complexity index is 653. The van der Waals surface area contributed by atoms with Gasteiger partial charge in [-0.1, -0.05) is 35.3 Å². The molecule has 0 bridgehead atoms. The van der Waals surface area contributed by atoms with Gasteiger partial charge in [0.05, 0.1) is 17.1 Å². The largest absolute Gasteiger partial charge is 0.475 e. The minimum atomic E-state index is -0.140. The Hall–Kier alpha value is -1.05. The van der Waals surface area contributed by atoms with E-state index in [0.29, 0.717) is 28.0 Å². The van der Waals surface area contributed by atoms with E-state index in [-0.39, 0.29) is 12.5 Å². The maximum Gasteiger partial charge on any atom is 0.252 e. The SMILES string of the molecule is O=C(NCCOc1ncc(Cl)cc1Cl)c1ccccc1I. The third-order valence-corrected chi connectivity index (χ3v) is 3.94. The zero-order valence-electron chi connectivity index (χ0n) is 10.8. The number of hydrogen-bond donors (Lipinski definition) is 1. The average molecular weight is 437 g/mol. The first-order chi connectivity index (χ1) is 10.1. The van der Waals surface area contributed by atoms with E-state index in [1.165, 1.54) is 6.20 Å². The molecule has 0 saturated heterocycles. The van der Waals surface area contributed by atoms with Gasteiger partial charge in [0.15, 0.2) is 0 Å². The molecule has 0 spiro atoms. The molecule has 0 aliphatic rings. The topological polar surface area (TPSA) is 51.2 Å². The first-order valence-corrected chi connectivity index (χ1v) is 7.88. The molecule has 4 nitrogen and oxygen atoms in total. The molecule has 2 rings (SSSR count). The normalized spacial score (nSPS) is 10.2. The number of rotatable bonds is 5. The summed E-state index contributed by atoms with van der Waals surface area (Å²) < 4.78 is 6.29. The highest BCUT2D eigenvalue weighted by Gasteiger charge is 2.09. The number of benzene rings is 1. The van der Waals surface area contributed by atoms with Crippen LogP contribution in [0.25, 0.3) is 0 Å². The van der Waals surface area contributed by atoms with Crippen LogP contribution in [0.2, 0.25) is 10.0 Å². The van der Waals surface area contributed by atoms with Crippen molar-refractivity contribution in [2.24, 2.45) is 0 Å². The van der Waals surface area contributed by atoms with Gasteiger partial charge in [-0.25, -0.2) is 4.98 Å². The van der Waals surface area contributed by atoms with Crippen molar-refractivity contribution >= 4 is 51.7 Å². The molecule has 1 aromatic carbocycles. The van der Waals surface area contributed by atoms with Crippen LogP contribution in [0.3, 0.4) is 0 Å². The molecule has 21 heavy (non-hydrogen) atoms. The molecule has 0 unspecified atom stereocenters. The number of amides is 1. The smallest absolute Gasteiger partial charge is 0.252 e. The monoisotopic (exact) mass is 436 g/mol. The summed E-state index contributed by atoms with van der Waals surface area (Å²) in [6, 6.07) is 8.91. The van der Waals surface area contributed by atoms with Gasteiger partial charge < -0.3 is 10.1 Å². The second kappa shape index (κ2) is 7.82. The van der Waals surface area contributed by atoms with E-state index in [1.807, 2.05) is 18.2 Å². The summed E-state index contributed by atoms with van der Waals surface area (Å²) in [5, 5.41) is 3.56. The number of nitrogens with zero attached hydrogens (tertiary/aromatic N) is 1. The molecule has 1 amide bonds. The van der Waals surface area contributed by atoms with Crippen LogP contribution >= 0.6 is 45.8 Å². The summed E-state index contributed by atoms with van der Waals surface area (Å²) in [7, 11) is 0. The maximum absolute atomic E-state index is 12.0. The first kappa shape index (κ1) is 16.3. The van der Waals surface area contributed by atoms with E-state index >= 15 is 0 Å². The molecular formula is C14H11Cl2IN2O2. The van der Waals surface area contributed by atoms with E-state index in [4.69, 9.17) is 27.9 Å². The van der Waals surface area contributed by atoms with Crippen LogP contribution in [0.4, 0.5) is 0 Å². The van der Waals surface area contributed by atoms with Crippen molar-refractivity contribution < 1.29 is 9.53 Å². The van der Waals surface area contributed by atoms with Crippen molar-refractivity contribution in [3.8, 4) is 5.88 Å². The zero-order chi connectivity index (χ0) is 15.2. The lowest BCUT2D eigenvalue weighted by molar-refractivity contribution is 0.0945. The van der Waals surface area contributed by atoms with E-state index in [1.54, 1.807) is 12.1 Å². The summed E-state index contributed by atoms with van der Waals surface area (Å²) in [6.07, 6.45) is 1.45. The number of halogens is 3. The van der Waals surface area contributed by atoms with Crippen LogP contribution in [-0.4, -0.2) is 24.0 Å². The number of carbonyl (C=O) groups is 1. The predicted molar refractivity (Wildman–Crippen MR) is 91.2 cm³/mol. The third-order valence-electron chi connectivity index (χ3n) is 2.52. The molecule has 0 radical (unpaired) electrons. The van der Waals surface area contributed by atoms with Gasteiger partial charge in [0.1, 0.15) is 11.6 Å². The Balaban J connectivity index is 1.82. The number of nitrogens with one attached hydrogen (secondary N) is 1. The van der Waals surface area contributed by atoms with E-state index in [0.717, 1.165) is 3.57 Å². The van der Waals surface area contributed by atoms with Gasteiger partial charge in [-0.3, -0.25) is 4.79 Å². The van der Waals surface area contributed by atoms with Crippen molar-refractivity contribution in [1.82, 2.24) is 10.3 Å². The summed E-state index contributed by atoms with van der Waals surface area (Å²) >= 11 is 13.8. The number of aromatic nitrogens is 1. The third kappa shape index (κ3) is 4.72. The number of hydrogen-bond acceptors (Lipinski definition) is 3. The van der Waals surface area contributed by atoms with Gasteiger partial charge in [-0.15, -0.1) is 0 Å². The molecule has 7 heteroatoms. The lowest BCUT2D eigenvalue weighted by Crippen LogP contribution is -2.28. The van der Waals surface area contributed by atoms with Crippen molar-refractivity contribution in [3.63, 3.8) is 0 Å². The quantitative estimate of drug-likeness (QED) is 0.572. The van der Waals surface area contributed by atoms with Crippen molar-refractivity contribution in [2.45, 2.75) is 0 Å². The maximum atomic E-state index is 12.0. The Kier molecular flexibility index (Phi) is 6.08. The van der Waals surface area contributed by atoms with Gasteiger partial charge in [0.2, 0.25) is 5.88 Å². The predicted octanol–water partition coefficient (Wildman–Crippen LogP) is 3.80. The highest BCUT2D eigenvalue weighted by molar-refractivity contribution is 14.1. The first-order valence-electron chi connectivity index (χ1n) is 6.04. The molecule has 1 aromatic heterocycles. The van der Waals surface area contributed by atoms with Gasteiger partial charge in [-0.05, 0) is 40.8 Å². The van der Waals surface area contributed by atoms with Crippen LogP contribution in [0.1, 0.15) is 10.4 Å². The Morgan fingerprint density at radius 3 is 2.81 bits per heavy atom. The number of pyridine rings is 1. The van der Waals surface area contributed by atoms with E-state index < -0.39 is 0 Å². The molecular weight excluding hydrogens is 426 g/mol. The van der Waals surface area contributed by atoms with Gasteiger partial charge in [-0.2, -0.15) is 0 Å². The number of ether oxygens (including phenoxy) is 1. The van der Waals surface area contributed by atoms with Crippen LogP contribution in [-0.2, 0) is 0 Å². The molecule has 0 fully saturated rings. The van der Waals surface area contributed by atoms with E-state index in [9.17, 15) is 4.79 Å². The summed E-state index contributed by atoms with van der Waals surface area (Å²) in [4.78, 5) is 15.9. The fourth-order valence-corrected chi connectivity index (χ4v) is 2.63. The second-order valence-corrected chi connectivity index (χ2v) is 6.03. The highest BCUT2D eigenvalue weighted by Crippen LogP contribution is 2.24. The molecule has 0 aliphatic carbocycles. The minimum Gasteiger partial charge on any atom is -0.475 e. The minimum absolute atomic E-state index is 0.140. The van der Waals surface area contributed by atoms with Crippen molar-refractivity contribution in [1.29, 1.82) is 0 Å². The standard InChI is InChI=1S/C14H11Cl2IN2O2/c15-9-7-11(16)14(19-8-9)21-6-5-18-13(20)10-3-1-2-4-12(10)17/h1-4,7-8H,5-6H2,(H,18,20). The van der Waals surface area contributed by atoms with Crippen LogP contribution < -0.4 is 10.1 Å². The Morgan fingerprint density at radius 1 is 1.33 bits per heavy atom. The average Bonchev–Trinajstić information content (AvgIpc) is 2.45. The molecule has 1 heterocycles. The van der Waals surface area contributed by atoms with Crippen molar-refractivity contribution in [2.75, 3.05) is 13.2 Å². The van der Waals surface area contributed by atoms with Crippen molar-refractivity contribution in [3.05, 3.63) is 55.7 Å². The molecule has 0 saturated carbocycles. The highest BCUT2D eigenvalue weighted by atomic mass is 127. The molecule has 110 valence electrons. The Morgan fingerprint density at radius 2 is 2.10 bits per heavy atom.